The number of nitro groups is 1. The molecule has 1 aromatic heterocycles. The van der Waals surface area contributed by atoms with Crippen molar-refractivity contribution in [3.63, 3.8) is 0 Å². The standard InChI is InChI=1S/C24H18FNO7/c1-13(2)31-21-11-18-20(12-19(21)26(29)30)33-23(22(18)24(27)28)14-3-7-16(8-4-14)32-17-9-5-15(25)6-10-17/h3-13H,1-2H3,(H,27,28). The Kier molecular flexibility index (Phi) is 5.70. The molecule has 0 fully saturated rings. The summed E-state index contributed by atoms with van der Waals surface area (Å²) in [6.45, 7) is 3.42. The summed E-state index contributed by atoms with van der Waals surface area (Å²) >= 11 is 0. The predicted octanol–water partition coefficient (Wildman–Crippen LogP) is 6.42. The van der Waals surface area contributed by atoms with Crippen LogP contribution in [0.25, 0.3) is 22.3 Å². The molecule has 0 bridgehead atoms. The molecule has 0 aliphatic carbocycles. The fourth-order valence-electron chi connectivity index (χ4n) is 3.33. The van der Waals surface area contributed by atoms with Crippen molar-refractivity contribution in [3.05, 3.63) is 82.2 Å². The summed E-state index contributed by atoms with van der Waals surface area (Å²) in [5.74, 6) is -0.751. The number of carboxylic acid groups (broad SMARTS) is 1. The molecule has 8 nitrogen and oxygen atoms in total. The molecule has 0 saturated heterocycles. The highest BCUT2D eigenvalue weighted by molar-refractivity contribution is 6.09. The molecule has 0 radical (unpaired) electrons. The van der Waals surface area contributed by atoms with Crippen LogP contribution in [0.4, 0.5) is 10.1 Å². The van der Waals surface area contributed by atoms with Crippen LogP contribution < -0.4 is 9.47 Å². The smallest absolute Gasteiger partial charge is 0.340 e. The second-order valence-corrected chi connectivity index (χ2v) is 7.43. The normalized spacial score (nSPS) is 11.0. The van der Waals surface area contributed by atoms with Gasteiger partial charge in [0.2, 0.25) is 0 Å². The summed E-state index contributed by atoms with van der Waals surface area (Å²) in [4.78, 5) is 22.9. The second-order valence-electron chi connectivity index (χ2n) is 7.43. The topological polar surface area (TPSA) is 112 Å². The molecule has 0 aliphatic rings. The number of carbonyl (C=O) groups is 1. The van der Waals surface area contributed by atoms with Gasteiger partial charge in [0, 0.05) is 10.9 Å². The van der Waals surface area contributed by atoms with Gasteiger partial charge in [0.15, 0.2) is 5.75 Å². The van der Waals surface area contributed by atoms with E-state index < -0.39 is 10.9 Å². The van der Waals surface area contributed by atoms with Crippen LogP contribution >= 0.6 is 0 Å². The molecular formula is C24H18FNO7. The number of nitrogens with zero attached hydrogens (tertiary/aromatic N) is 1. The molecule has 0 saturated carbocycles. The molecule has 0 aliphatic heterocycles. The highest BCUT2D eigenvalue weighted by Gasteiger charge is 2.27. The SMILES string of the molecule is CC(C)Oc1cc2c(C(=O)O)c(-c3ccc(Oc4ccc(F)cc4)cc3)oc2cc1[N+](=O)[O-]. The Hall–Kier alpha value is -4.40. The van der Waals surface area contributed by atoms with E-state index in [4.69, 9.17) is 13.9 Å². The fourth-order valence-corrected chi connectivity index (χ4v) is 3.33. The quantitative estimate of drug-likeness (QED) is 0.255. The third-order valence-corrected chi connectivity index (χ3v) is 4.71. The molecule has 168 valence electrons. The van der Waals surface area contributed by atoms with Crippen molar-refractivity contribution in [1.29, 1.82) is 0 Å². The van der Waals surface area contributed by atoms with Crippen LogP contribution in [0.15, 0.2) is 65.1 Å². The van der Waals surface area contributed by atoms with Crippen molar-refractivity contribution in [2.24, 2.45) is 0 Å². The highest BCUT2D eigenvalue weighted by Crippen LogP contribution is 2.40. The van der Waals surface area contributed by atoms with Gasteiger partial charge in [0.1, 0.15) is 34.2 Å². The number of hydrogen-bond acceptors (Lipinski definition) is 6. The van der Waals surface area contributed by atoms with E-state index in [2.05, 4.69) is 0 Å². The Bertz CT molecular complexity index is 1340. The lowest BCUT2D eigenvalue weighted by Crippen LogP contribution is -2.07. The Morgan fingerprint density at radius 1 is 1.06 bits per heavy atom. The van der Waals surface area contributed by atoms with E-state index in [1.54, 1.807) is 38.1 Å². The van der Waals surface area contributed by atoms with E-state index in [0.29, 0.717) is 17.1 Å². The Balaban J connectivity index is 1.76. The van der Waals surface area contributed by atoms with Crippen LogP contribution in [0, 0.1) is 15.9 Å². The molecule has 0 amide bonds. The van der Waals surface area contributed by atoms with Gasteiger partial charge >= 0.3 is 11.7 Å². The predicted molar refractivity (Wildman–Crippen MR) is 118 cm³/mol. The maximum absolute atomic E-state index is 13.1. The van der Waals surface area contributed by atoms with E-state index in [1.807, 2.05) is 0 Å². The number of furan rings is 1. The number of fused-ring (bicyclic) bond motifs is 1. The zero-order valence-electron chi connectivity index (χ0n) is 17.6. The lowest BCUT2D eigenvalue weighted by Gasteiger charge is -2.09. The molecule has 1 heterocycles. The molecule has 4 aromatic rings. The monoisotopic (exact) mass is 451 g/mol. The number of rotatable bonds is 7. The third-order valence-electron chi connectivity index (χ3n) is 4.71. The van der Waals surface area contributed by atoms with Crippen LogP contribution in [-0.4, -0.2) is 22.1 Å². The van der Waals surface area contributed by atoms with E-state index in [0.717, 1.165) is 6.07 Å². The third kappa shape index (κ3) is 4.47. The van der Waals surface area contributed by atoms with E-state index in [1.165, 1.54) is 30.3 Å². The van der Waals surface area contributed by atoms with Crippen molar-refractivity contribution in [2.45, 2.75) is 20.0 Å². The molecule has 0 spiro atoms. The summed E-state index contributed by atoms with van der Waals surface area (Å²) < 4.78 is 30.0. The average molecular weight is 451 g/mol. The van der Waals surface area contributed by atoms with E-state index >= 15 is 0 Å². The molecular weight excluding hydrogens is 433 g/mol. The maximum Gasteiger partial charge on any atom is 0.340 e. The minimum Gasteiger partial charge on any atom is -0.484 e. The van der Waals surface area contributed by atoms with Gasteiger partial charge in [-0.25, -0.2) is 9.18 Å². The number of aromatic carboxylic acids is 1. The van der Waals surface area contributed by atoms with Crippen LogP contribution in [-0.2, 0) is 0 Å². The van der Waals surface area contributed by atoms with Crippen LogP contribution in [0.3, 0.4) is 0 Å². The second kappa shape index (κ2) is 8.62. The number of ether oxygens (including phenoxy) is 2. The molecule has 1 N–H and O–H groups in total. The number of hydrogen-bond donors (Lipinski definition) is 1. The zero-order chi connectivity index (χ0) is 23.7. The maximum atomic E-state index is 13.1. The lowest BCUT2D eigenvalue weighted by molar-refractivity contribution is -0.385. The summed E-state index contributed by atoms with van der Waals surface area (Å²) in [7, 11) is 0. The van der Waals surface area contributed by atoms with E-state index in [-0.39, 0.29) is 45.7 Å². The molecule has 3 aromatic carbocycles. The molecule has 4 rings (SSSR count). The zero-order valence-corrected chi connectivity index (χ0v) is 17.6. The van der Waals surface area contributed by atoms with Gasteiger partial charge in [-0.15, -0.1) is 0 Å². The first kappa shape index (κ1) is 21.8. The van der Waals surface area contributed by atoms with Gasteiger partial charge in [0.25, 0.3) is 0 Å². The number of benzene rings is 3. The summed E-state index contributed by atoms with van der Waals surface area (Å²) in [6.07, 6.45) is -0.352. The first-order valence-corrected chi connectivity index (χ1v) is 9.91. The lowest BCUT2D eigenvalue weighted by atomic mass is 10.0. The van der Waals surface area contributed by atoms with Gasteiger partial charge in [-0.05, 0) is 68.4 Å². The minimum absolute atomic E-state index is 0.0413. The summed E-state index contributed by atoms with van der Waals surface area (Å²) in [5.41, 5.74) is 0.0260. The van der Waals surface area contributed by atoms with Crippen molar-refractivity contribution in [1.82, 2.24) is 0 Å². The largest absolute Gasteiger partial charge is 0.484 e. The first-order valence-electron chi connectivity index (χ1n) is 9.91. The average Bonchev–Trinajstić information content (AvgIpc) is 3.13. The molecule has 0 unspecified atom stereocenters. The van der Waals surface area contributed by atoms with Crippen molar-refractivity contribution in [2.75, 3.05) is 0 Å². The van der Waals surface area contributed by atoms with Crippen molar-refractivity contribution < 1.29 is 33.1 Å². The molecule has 33 heavy (non-hydrogen) atoms. The van der Waals surface area contributed by atoms with Crippen LogP contribution in [0.1, 0.15) is 24.2 Å². The first-order chi connectivity index (χ1) is 15.7. The van der Waals surface area contributed by atoms with Crippen LogP contribution in [0.5, 0.6) is 17.2 Å². The van der Waals surface area contributed by atoms with Gasteiger partial charge in [-0.3, -0.25) is 10.1 Å². The summed E-state index contributed by atoms with van der Waals surface area (Å²) in [6, 6.07) is 14.4. The van der Waals surface area contributed by atoms with Gasteiger partial charge in [0.05, 0.1) is 17.1 Å². The Morgan fingerprint density at radius 2 is 1.67 bits per heavy atom. The van der Waals surface area contributed by atoms with E-state index in [9.17, 15) is 24.4 Å². The number of carboxylic acids is 1. The van der Waals surface area contributed by atoms with Gasteiger partial charge in [-0.1, -0.05) is 0 Å². The summed E-state index contributed by atoms with van der Waals surface area (Å²) in [5, 5.41) is 21.5. The Morgan fingerprint density at radius 3 is 2.21 bits per heavy atom. The molecule has 0 atom stereocenters. The van der Waals surface area contributed by atoms with Crippen LogP contribution in [0.2, 0.25) is 0 Å². The van der Waals surface area contributed by atoms with Gasteiger partial charge in [-0.2, -0.15) is 0 Å². The fraction of sp³-hybridized carbons (Fsp3) is 0.125. The highest BCUT2D eigenvalue weighted by atomic mass is 19.1. The van der Waals surface area contributed by atoms with Crippen molar-refractivity contribution in [3.8, 4) is 28.6 Å². The minimum atomic E-state index is -1.25. The van der Waals surface area contributed by atoms with Crippen molar-refractivity contribution >= 4 is 22.6 Å². The number of halogens is 1. The molecule has 9 heteroatoms. The number of nitro benzene ring substituents is 1. The van der Waals surface area contributed by atoms with Gasteiger partial charge < -0.3 is 19.0 Å². The Labute approximate surface area is 186 Å².